The number of nitrogens with one attached hydrogen (secondary N) is 1. The summed E-state index contributed by atoms with van der Waals surface area (Å²) in [4.78, 5) is 19.9. The maximum absolute atomic E-state index is 12.6. The van der Waals surface area contributed by atoms with Crippen molar-refractivity contribution in [3.8, 4) is 11.5 Å². The van der Waals surface area contributed by atoms with Gasteiger partial charge in [0.15, 0.2) is 16.6 Å². The zero-order chi connectivity index (χ0) is 17.9. The molecule has 0 saturated carbocycles. The predicted octanol–water partition coefficient (Wildman–Crippen LogP) is 1.86. The minimum atomic E-state index is -0.208. The van der Waals surface area contributed by atoms with Crippen molar-refractivity contribution in [3.63, 3.8) is 0 Å². The van der Waals surface area contributed by atoms with Crippen LogP contribution in [0, 0.1) is 6.92 Å². The number of aromatic nitrogens is 1. The molecule has 26 heavy (non-hydrogen) atoms. The van der Waals surface area contributed by atoms with E-state index in [0.29, 0.717) is 37.0 Å². The van der Waals surface area contributed by atoms with Crippen molar-refractivity contribution in [2.45, 2.75) is 13.0 Å². The lowest BCUT2D eigenvalue weighted by atomic mass is 10.2. The molecular weight excluding hydrogens is 354 g/mol. The van der Waals surface area contributed by atoms with E-state index in [0.717, 1.165) is 29.7 Å². The molecule has 2 aliphatic rings. The van der Waals surface area contributed by atoms with Crippen LogP contribution in [0.5, 0.6) is 11.5 Å². The number of amides is 1. The van der Waals surface area contributed by atoms with Crippen molar-refractivity contribution in [2.24, 2.45) is 0 Å². The summed E-state index contributed by atoms with van der Waals surface area (Å²) in [5.74, 6) is 1.33. The number of para-hydroxylation sites is 2. The standard InChI is InChI=1S/C18H21N3O4S/c1-12-16(26-18(20-12)21-6-8-23-9-7-21)17(22)19-10-13-11-24-14-4-2-3-5-15(14)25-13/h2-5,13H,6-11H2,1H3,(H,19,22). The first-order valence-corrected chi connectivity index (χ1v) is 9.49. The number of aryl methyl sites for hydroxylation is 1. The minimum absolute atomic E-state index is 0.123. The molecule has 0 aliphatic carbocycles. The van der Waals surface area contributed by atoms with Crippen molar-refractivity contribution < 1.29 is 19.0 Å². The number of ether oxygens (including phenoxy) is 3. The third kappa shape index (κ3) is 3.61. The monoisotopic (exact) mass is 375 g/mol. The molecule has 1 saturated heterocycles. The number of hydrogen-bond donors (Lipinski definition) is 1. The van der Waals surface area contributed by atoms with Crippen LogP contribution in [0.1, 0.15) is 15.4 Å². The number of anilines is 1. The highest BCUT2D eigenvalue weighted by atomic mass is 32.1. The van der Waals surface area contributed by atoms with Gasteiger partial charge in [-0.15, -0.1) is 0 Å². The molecule has 1 amide bonds. The van der Waals surface area contributed by atoms with Gasteiger partial charge in [-0.05, 0) is 19.1 Å². The Bertz CT molecular complexity index is 788. The van der Waals surface area contributed by atoms with Gasteiger partial charge in [-0.2, -0.15) is 0 Å². The Morgan fingerprint density at radius 3 is 2.88 bits per heavy atom. The van der Waals surface area contributed by atoms with Gasteiger partial charge in [0.25, 0.3) is 5.91 Å². The van der Waals surface area contributed by atoms with E-state index in [2.05, 4.69) is 15.2 Å². The Morgan fingerprint density at radius 2 is 2.08 bits per heavy atom. The Morgan fingerprint density at radius 1 is 1.31 bits per heavy atom. The maximum Gasteiger partial charge on any atom is 0.263 e. The topological polar surface area (TPSA) is 72.9 Å². The molecule has 138 valence electrons. The smallest absolute Gasteiger partial charge is 0.263 e. The summed E-state index contributed by atoms with van der Waals surface area (Å²) in [6, 6.07) is 7.54. The van der Waals surface area contributed by atoms with Crippen molar-refractivity contribution in [2.75, 3.05) is 44.4 Å². The van der Waals surface area contributed by atoms with Crippen LogP contribution < -0.4 is 19.7 Å². The number of fused-ring (bicyclic) bond motifs is 1. The van der Waals surface area contributed by atoms with E-state index in [1.807, 2.05) is 31.2 Å². The van der Waals surface area contributed by atoms with E-state index in [9.17, 15) is 4.79 Å². The van der Waals surface area contributed by atoms with Crippen molar-refractivity contribution in [3.05, 3.63) is 34.8 Å². The second-order valence-corrected chi connectivity index (χ2v) is 7.20. The van der Waals surface area contributed by atoms with Crippen molar-refractivity contribution in [1.82, 2.24) is 10.3 Å². The molecule has 3 heterocycles. The molecule has 1 aromatic carbocycles. The fraction of sp³-hybridized carbons (Fsp3) is 0.444. The van der Waals surface area contributed by atoms with Gasteiger partial charge < -0.3 is 24.4 Å². The predicted molar refractivity (Wildman–Crippen MR) is 98.6 cm³/mol. The number of benzene rings is 1. The molecular formula is C18H21N3O4S. The van der Waals surface area contributed by atoms with Gasteiger partial charge in [0.2, 0.25) is 0 Å². The average Bonchev–Trinajstić information content (AvgIpc) is 3.08. The first kappa shape index (κ1) is 17.1. The van der Waals surface area contributed by atoms with Gasteiger partial charge >= 0.3 is 0 Å². The highest BCUT2D eigenvalue weighted by Crippen LogP contribution is 2.31. The molecule has 8 heteroatoms. The Labute approximate surface area is 155 Å². The molecule has 2 aromatic rings. The molecule has 1 atom stereocenters. The van der Waals surface area contributed by atoms with Gasteiger partial charge in [-0.25, -0.2) is 4.98 Å². The molecule has 1 fully saturated rings. The summed E-state index contributed by atoms with van der Waals surface area (Å²) < 4.78 is 16.9. The highest BCUT2D eigenvalue weighted by molar-refractivity contribution is 7.17. The molecule has 2 aliphatic heterocycles. The molecule has 1 aromatic heterocycles. The van der Waals surface area contributed by atoms with Gasteiger partial charge in [-0.3, -0.25) is 4.79 Å². The first-order chi connectivity index (χ1) is 12.7. The zero-order valence-electron chi connectivity index (χ0n) is 14.6. The quantitative estimate of drug-likeness (QED) is 0.879. The minimum Gasteiger partial charge on any atom is -0.486 e. The third-order valence-electron chi connectivity index (χ3n) is 4.33. The van der Waals surface area contributed by atoms with E-state index in [4.69, 9.17) is 14.2 Å². The van der Waals surface area contributed by atoms with Crippen molar-refractivity contribution in [1.29, 1.82) is 0 Å². The van der Waals surface area contributed by atoms with Gasteiger partial charge in [0.1, 0.15) is 17.6 Å². The molecule has 1 N–H and O–H groups in total. The third-order valence-corrected chi connectivity index (χ3v) is 5.55. The van der Waals surface area contributed by atoms with Crippen LogP contribution in [0.4, 0.5) is 5.13 Å². The molecule has 4 rings (SSSR count). The van der Waals surface area contributed by atoms with Crippen LogP contribution in [0.3, 0.4) is 0 Å². The highest BCUT2D eigenvalue weighted by Gasteiger charge is 2.24. The second-order valence-electron chi connectivity index (χ2n) is 6.22. The zero-order valence-corrected chi connectivity index (χ0v) is 15.4. The average molecular weight is 375 g/mol. The van der Waals surface area contributed by atoms with Gasteiger partial charge in [0, 0.05) is 13.1 Å². The van der Waals surface area contributed by atoms with E-state index in [1.165, 1.54) is 11.3 Å². The Hall–Kier alpha value is -2.32. The van der Waals surface area contributed by atoms with Gasteiger partial charge in [-0.1, -0.05) is 23.5 Å². The lowest BCUT2D eigenvalue weighted by Gasteiger charge is -2.26. The summed E-state index contributed by atoms with van der Waals surface area (Å²) in [6.07, 6.45) is -0.208. The van der Waals surface area contributed by atoms with Crippen LogP contribution in [0.15, 0.2) is 24.3 Å². The van der Waals surface area contributed by atoms with E-state index in [-0.39, 0.29) is 12.0 Å². The van der Waals surface area contributed by atoms with Crippen molar-refractivity contribution >= 4 is 22.4 Å². The fourth-order valence-corrected chi connectivity index (χ4v) is 3.97. The second kappa shape index (κ2) is 7.51. The molecule has 0 bridgehead atoms. The number of hydrogen-bond acceptors (Lipinski definition) is 7. The first-order valence-electron chi connectivity index (χ1n) is 8.67. The van der Waals surface area contributed by atoms with Crippen LogP contribution in [0.2, 0.25) is 0 Å². The van der Waals surface area contributed by atoms with Crippen LogP contribution in [-0.2, 0) is 4.74 Å². The summed E-state index contributed by atoms with van der Waals surface area (Å²) in [6.45, 7) is 5.67. The number of thiazole rings is 1. The van der Waals surface area contributed by atoms with E-state index < -0.39 is 0 Å². The van der Waals surface area contributed by atoms with Crippen LogP contribution in [0.25, 0.3) is 0 Å². The Balaban J connectivity index is 1.36. The molecule has 0 radical (unpaired) electrons. The largest absolute Gasteiger partial charge is 0.486 e. The fourth-order valence-electron chi connectivity index (χ4n) is 2.93. The summed E-state index contributed by atoms with van der Waals surface area (Å²) in [7, 11) is 0. The van der Waals surface area contributed by atoms with Crippen LogP contribution in [-0.4, -0.2) is 56.5 Å². The number of carbonyl (C=O) groups is 1. The number of rotatable bonds is 4. The normalized spacial score (nSPS) is 19.3. The summed E-state index contributed by atoms with van der Waals surface area (Å²) in [5.41, 5.74) is 0.750. The molecule has 1 unspecified atom stereocenters. The molecule has 0 spiro atoms. The summed E-state index contributed by atoms with van der Waals surface area (Å²) in [5, 5.41) is 3.82. The SMILES string of the molecule is Cc1nc(N2CCOCC2)sc1C(=O)NCC1COc2ccccc2O1. The lowest BCUT2D eigenvalue weighted by molar-refractivity contribution is 0.0791. The number of carbonyl (C=O) groups excluding carboxylic acids is 1. The number of morpholine rings is 1. The Kier molecular flexibility index (Phi) is 4.94. The summed E-state index contributed by atoms with van der Waals surface area (Å²) >= 11 is 1.42. The van der Waals surface area contributed by atoms with E-state index >= 15 is 0 Å². The maximum atomic E-state index is 12.6. The molecule has 7 nitrogen and oxygen atoms in total. The van der Waals surface area contributed by atoms with Crippen LogP contribution >= 0.6 is 11.3 Å². The van der Waals surface area contributed by atoms with Gasteiger partial charge in [0.05, 0.1) is 25.5 Å². The lowest BCUT2D eigenvalue weighted by Crippen LogP contribution is -2.40. The van der Waals surface area contributed by atoms with E-state index in [1.54, 1.807) is 0 Å². The number of nitrogens with zero attached hydrogens (tertiary/aromatic N) is 2.